The van der Waals surface area contributed by atoms with Gasteiger partial charge in [-0.05, 0) is 18.3 Å². The van der Waals surface area contributed by atoms with Gasteiger partial charge in [0.2, 0.25) is 0 Å². The lowest BCUT2D eigenvalue weighted by Crippen LogP contribution is -2.43. The number of ketones is 1. The first-order valence-corrected chi connectivity index (χ1v) is 6.40. The Kier molecular flexibility index (Phi) is 3.65. The van der Waals surface area contributed by atoms with Gasteiger partial charge in [0.1, 0.15) is 5.78 Å². The van der Waals surface area contributed by atoms with Crippen molar-refractivity contribution in [1.82, 2.24) is 4.90 Å². The molecule has 1 aliphatic carbocycles. The van der Waals surface area contributed by atoms with Crippen LogP contribution in [0.5, 0.6) is 0 Å². The quantitative estimate of drug-likeness (QED) is 0.716. The Balaban J connectivity index is 1.89. The van der Waals surface area contributed by atoms with Gasteiger partial charge in [-0.1, -0.05) is 13.8 Å². The topological polar surface area (TPSA) is 29.5 Å². The zero-order chi connectivity index (χ0) is 11.6. The molecule has 0 amide bonds. The minimum atomic E-state index is 0.266. The Morgan fingerprint density at radius 2 is 2.06 bits per heavy atom. The van der Waals surface area contributed by atoms with E-state index >= 15 is 0 Å². The highest BCUT2D eigenvalue weighted by atomic mass is 16.5. The van der Waals surface area contributed by atoms with Crippen molar-refractivity contribution in [1.29, 1.82) is 0 Å². The van der Waals surface area contributed by atoms with E-state index in [0.29, 0.717) is 11.2 Å². The molecule has 3 heteroatoms. The summed E-state index contributed by atoms with van der Waals surface area (Å²) in [5.41, 5.74) is 0.352. The minimum Gasteiger partial charge on any atom is -0.379 e. The minimum absolute atomic E-state index is 0.266. The summed E-state index contributed by atoms with van der Waals surface area (Å²) in [5.74, 6) is 0.743. The molecule has 3 nitrogen and oxygen atoms in total. The maximum absolute atomic E-state index is 11.9. The van der Waals surface area contributed by atoms with Gasteiger partial charge in [-0.2, -0.15) is 0 Å². The van der Waals surface area contributed by atoms with E-state index in [4.69, 9.17) is 4.74 Å². The molecule has 0 bridgehead atoms. The van der Waals surface area contributed by atoms with Gasteiger partial charge in [-0.15, -0.1) is 0 Å². The molecule has 1 saturated carbocycles. The molecule has 1 saturated heterocycles. The fraction of sp³-hybridized carbons (Fsp3) is 0.923. The summed E-state index contributed by atoms with van der Waals surface area (Å²) in [5, 5.41) is 0. The summed E-state index contributed by atoms with van der Waals surface area (Å²) in [6.07, 6.45) is 2.90. The van der Waals surface area contributed by atoms with E-state index in [2.05, 4.69) is 18.7 Å². The third-order valence-electron chi connectivity index (χ3n) is 3.88. The molecule has 2 fully saturated rings. The van der Waals surface area contributed by atoms with Crippen molar-refractivity contribution in [3.8, 4) is 0 Å². The monoisotopic (exact) mass is 225 g/mol. The number of carbonyl (C=O) groups excluding carboxylic acids is 1. The molecule has 0 aromatic heterocycles. The van der Waals surface area contributed by atoms with Crippen molar-refractivity contribution in [3.05, 3.63) is 0 Å². The van der Waals surface area contributed by atoms with Gasteiger partial charge in [0, 0.05) is 32.0 Å². The van der Waals surface area contributed by atoms with Gasteiger partial charge in [0.05, 0.1) is 13.2 Å². The molecule has 0 spiro atoms. The van der Waals surface area contributed by atoms with Crippen molar-refractivity contribution in [2.45, 2.75) is 33.1 Å². The lowest BCUT2D eigenvalue weighted by atomic mass is 9.71. The van der Waals surface area contributed by atoms with Crippen LogP contribution >= 0.6 is 0 Å². The molecule has 2 aliphatic rings. The van der Waals surface area contributed by atoms with Crippen molar-refractivity contribution in [3.63, 3.8) is 0 Å². The molecule has 0 aromatic carbocycles. The second-order valence-corrected chi connectivity index (χ2v) is 5.94. The highest BCUT2D eigenvalue weighted by molar-refractivity contribution is 5.82. The summed E-state index contributed by atoms with van der Waals surface area (Å²) in [6, 6.07) is 0. The smallest absolute Gasteiger partial charge is 0.137 e. The van der Waals surface area contributed by atoms with Crippen LogP contribution in [0.2, 0.25) is 0 Å². The first kappa shape index (κ1) is 12.1. The number of Topliss-reactive ketones (excluding diaryl/α,β-unsaturated/α-hetero) is 1. The van der Waals surface area contributed by atoms with Gasteiger partial charge in [0.15, 0.2) is 0 Å². The summed E-state index contributed by atoms with van der Waals surface area (Å²) in [6.45, 7) is 9.14. The van der Waals surface area contributed by atoms with Gasteiger partial charge in [-0.3, -0.25) is 9.69 Å². The average Bonchev–Trinajstić information content (AvgIpc) is 2.25. The highest BCUT2D eigenvalue weighted by Crippen LogP contribution is 2.37. The molecule has 1 unspecified atom stereocenters. The number of ether oxygens (including phenoxy) is 1. The van der Waals surface area contributed by atoms with E-state index in [1.807, 2.05) is 0 Å². The van der Waals surface area contributed by atoms with Gasteiger partial charge in [0.25, 0.3) is 0 Å². The van der Waals surface area contributed by atoms with Crippen molar-refractivity contribution in [2.75, 3.05) is 32.8 Å². The summed E-state index contributed by atoms with van der Waals surface area (Å²) in [7, 11) is 0. The Morgan fingerprint density at radius 1 is 1.38 bits per heavy atom. The highest BCUT2D eigenvalue weighted by Gasteiger charge is 2.34. The number of carbonyl (C=O) groups is 1. The Labute approximate surface area is 98.1 Å². The molecule has 1 heterocycles. The first-order chi connectivity index (χ1) is 7.57. The number of rotatable bonds is 2. The number of hydrogen-bond acceptors (Lipinski definition) is 3. The van der Waals surface area contributed by atoms with Gasteiger partial charge >= 0.3 is 0 Å². The maximum atomic E-state index is 11.9. The SMILES string of the molecule is CC1(C)CCC(=O)C(CN2CCOCC2)C1. The van der Waals surface area contributed by atoms with Crippen molar-refractivity contribution in [2.24, 2.45) is 11.3 Å². The predicted molar refractivity (Wildman–Crippen MR) is 63.4 cm³/mol. The van der Waals surface area contributed by atoms with Crippen LogP contribution in [-0.4, -0.2) is 43.5 Å². The second-order valence-electron chi connectivity index (χ2n) is 5.94. The molecule has 0 radical (unpaired) electrons. The largest absolute Gasteiger partial charge is 0.379 e. The van der Waals surface area contributed by atoms with Gasteiger partial charge in [-0.25, -0.2) is 0 Å². The van der Waals surface area contributed by atoms with Crippen LogP contribution in [0.1, 0.15) is 33.1 Å². The van der Waals surface area contributed by atoms with E-state index < -0.39 is 0 Å². The molecule has 0 aromatic rings. The number of hydrogen-bond donors (Lipinski definition) is 0. The van der Waals surface area contributed by atoms with Crippen LogP contribution < -0.4 is 0 Å². The van der Waals surface area contributed by atoms with E-state index in [-0.39, 0.29) is 5.92 Å². The van der Waals surface area contributed by atoms with E-state index in [1.165, 1.54) is 0 Å². The standard InChI is InChI=1S/C13H23NO2/c1-13(2)4-3-12(15)11(9-13)10-14-5-7-16-8-6-14/h11H,3-10H2,1-2H3. The molecular weight excluding hydrogens is 202 g/mol. The first-order valence-electron chi connectivity index (χ1n) is 6.40. The normalized spacial score (nSPS) is 31.6. The average molecular weight is 225 g/mol. The Hall–Kier alpha value is -0.410. The molecular formula is C13H23NO2. The predicted octanol–water partition coefficient (Wildman–Crippen LogP) is 1.71. The van der Waals surface area contributed by atoms with Crippen molar-refractivity contribution < 1.29 is 9.53 Å². The van der Waals surface area contributed by atoms with Crippen LogP contribution in [0, 0.1) is 11.3 Å². The molecule has 16 heavy (non-hydrogen) atoms. The Morgan fingerprint density at radius 3 is 2.75 bits per heavy atom. The summed E-state index contributed by atoms with van der Waals surface area (Å²) >= 11 is 0. The van der Waals surface area contributed by atoms with Crippen molar-refractivity contribution >= 4 is 5.78 Å². The van der Waals surface area contributed by atoms with Gasteiger partial charge < -0.3 is 4.74 Å². The molecule has 92 valence electrons. The van der Waals surface area contributed by atoms with E-state index in [1.54, 1.807) is 0 Å². The number of morpholine rings is 1. The molecule has 0 N–H and O–H groups in total. The fourth-order valence-corrected chi connectivity index (χ4v) is 2.81. The molecule has 1 aliphatic heterocycles. The van der Waals surface area contributed by atoms with Crippen LogP contribution in [0.15, 0.2) is 0 Å². The summed E-state index contributed by atoms with van der Waals surface area (Å²) in [4.78, 5) is 14.3. The third kappa shape index (κ3) is 3.05. The lowest BCUT2D eigenvalue weighted by molar-refractivity contribution is -0.128. The van der Waals surface area contributed by atoms with E-state index in [0.717, 1.165) is 52.1 Å². The van der Waals surface area contributed by atoms with Crippen LogP contribution in [-0.2, 0) is 9.53 Å². The summed E-state index contributed by atoms with van der Waals surface area (Å²) < 4.78 is 5.33. The van der Waals surface area contributed by atoms with Crippen LogP contribution in [0.4, 0.5) is 0 Å². The lowest BCUT2D eigenvalue weighted by Gasteiger charge is -2.37. The number of nitrogens with zero attached hydrogens (tertiary/aromatic N) is 1. The molecule has 2 rings (SSSR count). The molecule has 1 atom stereocenters. The third-order valence-corrected chi connectivity index (χ3v) is 3.88. The maximum Gasteiger partial charge on any atom is 0.137 e. The van der Waals surface area contributed by atoms with E-state index in [9.17, 15) is 4.79 Å². The fourth-order valence-electron chi connectivity index (χ4n) is 2.81. The second kappa shape index (κ2) is 4.84. The van der Waals surface area contributed by atoms with Crippen LogP contribution in [0.25, 0.3) is 0 Å². The zero-order valence-corrected chi connectivity index (χ0v) is 10.5. The van der Waals surface area contributed by atoms with Crippen LogP contribution in [0.3, 0.4) is 0 Å². The zero-order valence-electron chi connectivity index (χ0n) is 10.5. The Bertz CT molecular complexity index is 257.